The van der Waals surface area contributed by atoms with Crippen molar-refractivity contribution in [3.05, 3.63) is 0 Å². The molecule has 0 bridgehead atoms. The van der Waals surface area contributed by atoms with E-state index in [2.05, 4.69) is 35.9 Å². The second-order valence-electron chi connectivity index (χ2n) is 3.04. The van der Waals surface area contributed by atoms with Gasteiger partial charge in [0, 0.05) is 68.8 Å². The fraction of sp³-hybridized carbons (Fsp3) is 0.750. The zero-order valence-corrected chi connectivity index (χ0v) is 15.4. The summed E-state index contributed by atoms with van der Waals surface area (Å²) in [5.74, 6) is 0. The van der Waals surface area contributed by atoms with Gasteiger partial charge in [0.05, 0.1) is 0 Å². The number of hydrogen-bond donors (Lipinski definition) is 5. The van der Waals surface area contributed by atoms with E-state index in [0.717, 1.165) is 26.2 Å². The summed E-state index contributed by atoms with van der Waals surface area (Å²) < 4.78 is 1.08. The number of thiocarbonyl (C=S) groups is 2. The summed E-state index contributed by atoms with van der Waals surface area (Å²) in [6.07, 6.45) is 0. The molecule has 9 heteroatoms. The van der Waals surface area contributed by atoms with Gasteiger partial charge in [0.1, 0.15) is 8.64 Å². The standard InChI is InChI=1S/C8H18N4S4.Na/c9-1-2-10-3-5-12(8(15)16)6-4-11-7(13)14;/h10H,1-6,9H2,(H,15,16)(H2,11,13,14);. The van der Waals surface area contributed by atoms with Crippen molar-refractivity contribution in [2.45, 2.75) is 0 Å². The first kappa shape index (κ1) is 20.7. The third-order valence-corrected chi connectivity index (χ3v) is 2.65. The van der Waals surface area contributed by atoms with Crippen molar-refractivity contribution in [2.75, 3.05) is 39.3 Å². The van der Waals surface area contributed by atoms with Gasteiger partial charge in [-0.05, 0) is 0 Å². The Morgan fingerprint density at radius 2 is 1.71 bits per heavy atom. The van der Waals surface area contributed by atoms with Crippen molar-refractivity contribution in [3.63, 3.8) is 0 Å². The van der Waals surface area contributed by atoms with Crippen molar-refractivity contribution < 1.29 is 0 Å². The van der Waals surface area contributed by atoms with Crippen LogP contribution in [0.2, 0.25) is 0 Å². The first-order valence-corrected chi connectivity index (χ1v) is 6.64. The molecular formula is C8H18N4NaS4. The second-order valence-corrected chi connectivity index (χ2v) is 5.31. The minimum Gasteiger partial charge on any atom is -0.369 e. The van der Waals surface area contributed by atoms with Gasteiger partial charge < -0.3 is 21.3 Å². The first-order valence-electron chi connectivity index (χ1n) is 4.93. The van der Waals surface area contributed by atoms with Crippen molar-refractivity contribution in [3.8, 4) is 0 Å². The van der Waals surface area contributed by atoms with Gasteiger partial charge >= 0.3 is 0 Å². The molecule has 95 valence electrons. The minimum absolute atomic E-state index is 0. The van der Waals surface area contributed by atoms with Gasteiger partial charge in [0.25, 0.3) is 0 Å². The average Bonchev–Trinajstić information content (AvgIpc) is 2.20. The van der Waals surface area contributed by atoms with Gasteiger partial charge in [-0.3, -0.25) is 0 Å². The molecule has 0 atom stereocenters. The van der Waals surface area contributed by atoms with E-state index in [0.29, 0.717) is 21.7 Å². The summed E-state index contributed by atoms with van der Waals surface area (Å²) in [7, 11) is 0. The monoisotopic (exact) mass is 321 g/mol. The quantitative estimate of drug-likeness (QED) is 0.179. The molecule has 0 spiro atoms. The van der Waals surface area contributed by atoms with Crippen LogP contribution in [0.5, 0.6) is 0 Å². The van der Waals surface area contributed by atoms with Crippen LogP contribution in [0.15, 0.2) is 0 Å². The summed E-state index contributed by atoms with van der Waals surface area (Å²) >= 11 is 18.0. The Morgan fingerprint density at radius 3 is 2.18 bits per heavy atom. The molecule has 0 aliphatic carbocycles. The molecule has 4 nitrogen and oxygen atoms in total. The van der Waals surface area contributed by atoms with Gasteiger partial charge in [-0.25, -0.2) is 0 Å². The van der Waals surface area contributed by atoms with Crippen molar-refractivity contribution in [2.24, 2.45) is 5.73 Å². The molecule has 0 aromatic carbocycles. The molecule has 0 saturated carbocycles. The fourth-order valence-corrected chi connectivity index (χ4v) is 1.64. The van der Waals surface area contributed by atoms with Crippen LogP contribution in [-0.4, -0.2) is 82.4 Å². The molecule has 0 aromatic rings. The van der Waals surface area contributed by atoms with Gasteiger partial charge in [-0.15, -0.1) is 25.3 Å². The number of thiol groups is 2. The normalized spacial score (nSPS) is 9.35. The van der Waals surface area contributed by atoms with Gasteiger partial charge in [-0.2, -0.15) is 0 Å². The Hall–Kier alpha value is 1.40. The molecule has 0 amide bonds. The minimum atomic E-state index is 0. The molecule has 0 heterocycles. The van der Waals surface area contributed by atoms with E-state index in [4.69, 9.17) is 30.2 Å². The van der Waals surface area contributed by atoms with Crippen LogP contribution < -0.4 is 16.4 Å². The largest absolute Gasteiger partial charge is 0.369 e. The van der Waals surface area contributed by atoms with Gasteiger partial charge in [-0.1, -0.05) is 24.4 Å². The van der Waals surface area contributed by atoms with Crippen molar-refractivity contribution in [1.82, 2.24) is 15.5 Å². The van der Waals surface area contributed by atoms with Crippen LogP contribution in [0.25, 0.3) is 0 Å². The number of nitrogens with zero attached hydrogens (tertiary/aromatic N) is 1. The molecule has 0 rings (SSSR count). The van der Waals surface area contributed by atoms with Crippen molar-refractivity contribution >= 4 is 87.9 Å². The molecule has 0 saturated heterocycles. The van der Waals surface area contributed by atoms with E-state index in [9.17, 15) is 0 Å². The third-order valence-electron chi connectivity index (χ3n) is 1.81. The number of nitrogens with two attached hydrogens (primary N) is 1. The number of rotatable bonds is 8. The van der Waals surface area contributed by atoms with Crippen LogP contribution in [-0.2, 0) is 0 Å². The maximum absolute atomic E-state index is 5.37. The van der Waals surface area contributed by atoms with E-state index in [1.165, 1.54) is 0 Å². The Labute approximate surface area is 147 Å². The maximum atomic E-state index is 5.37. The fourth-order valence-electron chi connectivity index (χ4n) is 1.04. The van der Waals surface area contributed by atoms with E-state index in [1.807, 2.05) is 4.90 Å². The molecule has 4 N–H and O–H groups in total. The van der Waals surface area contributed by atoms with E-state index in [1.54, 1.807) is 0 Å². The SMILES string of the molecule is NCCNCCN(CCNC(=S)S)C(=S)S.[Na]. The van der Waals surface area contributed by atoms with Crippen LogP contribution in [0.3, 0.4) is 0 Å². The Bertz CT molecular complexity index is 230. The predicted molar refractivity (Wildman–Crippen MR) is 90.4 cm³/mol. The Balaban J connectivity index is 0. The molecule has 0 aromatic heterocycles. The van der Waals surface area contributed by atoms with Crippen molar-refractivity contribution in [1.29, 1.82) is 0 Å². The first-order chi connectivity index (χ1) is 7.57. The summed E-state index contributed by atoms with van der Waals surface area (Å²) in [6.45, 7) is 4.56. The van der Waals surface area contributed by atoms with Crippen LogP contribution in [0.4, 0.5) is 0 Å². The molecule has 17 heavy (non-hydrogen) atoms. The average molecular weight is 322 g/mol. The molecular weight excluding hydrogens is 303 g/mol. The van der Waals surface area contributed by atoms with E-state index in [-0.39, 0.29) is 29.6 Å². The molecule has 0 aliphatic rings. The predicted octanol–water partition coefficient (Wildman–Crippen LogP) is -0.525. The second kappa shape index (κ2) is 13.8. The third kappa shape index (κ3) is 13.6. The van der Waals surface area contributed by atoms with Crippen LogP contribution in [0, 0.1) is 0 Å². The molecule has 1 radical (unpaired) electrons. The summed E-state index contributed by atoms with van der Waals surface area (Å²) in [5.41, 5.74) is 5.37. The van der Waals surface area contributed by atoms with Crippen LogP contribution >= 0.6 is 49.7 Å². The topological polar surface area (TPSA) is 53.3 Å². The summed E-state index contributed by atoms with van der Waals surface area (Å²) in [6, 6.07) is 0. The zero-order valence-electron chi connectivity index (χ0n) is 9.98. The van der Waals surface area contributed by atoms with Gasteiger partial charge in [0.15, 0.2) is 0 Å². The van der Waals surface area contributed by atoms with Gasteiger partial charge in [0.2, 0.25) is 0 Å². The Kier molecular flexibility index (Phi) is 16.8. The van der Waals surface area contributed by atoms with Crippen LogP contribution in [0.1, 0.15) is 0 Å². The molecule has 0 unspecified atom stereocenters. The zero-order chi connectivity index (χ0) is 12.4. The summed E-state index contributed by atoms with van der Waals surface area (Å²) in [4.78, 5) is 1.99. The maximum Gasteiger partial charge on any atom is 0.133 e. The number of nitrogens with one attached hydrogen (secondary N) is 2. The number of hydrogen-bond acceptors (Lipinski definition) is 4. The molecule has 0 fully saturated rings. The smallest absolute Gasteiger partial charge is 0.133 e. The Morgan fingerprint density at radius 1 is 1.12 bits per heavy atom. The summed E-state index contributed by atoms with van der Waals surface area (Å²) in [5, 5.41) is 6.15. The van der Waals surface area contributed by atoms with E-state index < -0.39 is 0 Å². The van der Waals surface area contributed by atoms with E-state index >= 15 is 0 Å². The molecule has 0 aliphatic heterocycles.